The van der Waals surface area contributed by atoms with Crippen LogP contribution in [-0.4, -0.2) is 85.9 Å². The first-order valence-electron chi connectivity index (χ1n) is 11.6. The maximum absolute atomic E-state index is 13.3. The van der Waals surface area contributed by atoms with Crippen molar-refractivity contribution in [2.45, 2.75) is 25.0 Å². The predicted octanol–water partition coefficient (Wildman–Crippen LogP) is 1.53. The number of nitrogens with zero attached hydrogens (tertiary/aromatic N) is 2. The number of hydrogen-bond donors (Lipinski definition) is 1. The molecule has 4 aliphatic heterocycles. The van der Waals surface area contributed by atoms with Gasteiger partial charge in [0.1, 0.15) is 11.4 Å². The van der Waals surface area contributed by atoms with Gasteiger partial charge in [-0.15, -0.1) is 0 Å². The van der Waals surface area contributed by atoms with Crippen LogP contribution in [0.5, 0.6) is 5.75 Å². The zero-order valence-corrected chi connectivity index (χ0v) is 18.5. The largest absolute Gasteiger partial charge is 0.494 e. The monoisotopic (exact) mass is 441 g/mol. The van der Waals surface area contributed by atoms with E-state index in [-0.39, 0.29) is 17.9 Å². The Bertz CT molecular complexity index is 882. The van der Waals surface area contributed by atoms with Gasteiger partial charge in [0.25, 0.3) is 0 Å². The average molecular weight is 442 g/mol. The molecule has 1 N–H and O–H groups in total. The summed E-state index contributed by atoms with van der Waals surface area (Å²) in [5, 5.41) is 2.97. The number of hydrogen-bond acceptors (Lipinski definition) is 6. The number of likely N-dealkylation sites (tertiary alicyclic amines) is 1. The maximum Gasteiger partial charge on any atom is 0.231 e. The number of ether oxygens (including phenoxy) is 3. The Morgan fingerprint density at radius 3 is 2.75 bits per heavy atom. The van der Waals surface area contributed by atoms with Crippen LogP contribution in [0.1, 0.15) is 13.3 Å². The van der Waals surface area contributed by atoms with Crippen LogP contribution in [0.25, 0.3) is 0 Å². The molecular weight excluding hydrogens is 410 g/mol. The quantitative estimate of drug-likeness (QED) is 0.617. The highest BCUT2D eigenvalue weighted by Gasteiger charge is 2.66. The summed E-state index contributed by atoms with van der Waals surface area (Å²) >= 11 is 0. The van der Waals surface area contributed by atoms with Crippen molar-refractivity contribution < 1.29 is 23.8 Å². The van der Waals surface area contributed by atoms with E-state index in [1.165, 1.54) is 0 Å². The van der Waals surface area contributed by atoms with E-state index in [0.29, 0.717) is 25.4 Å². The molecule has 172 valence electrons. The minimum atomic E-state index is -0.665. The van der Waals surface area contributed by atoms with Crippen LogP contribution >= 0.6 is 0 Å². The van der Waals surface area contributed by atoms with Crippen molar-refractivity contribution in [2.75, 3.05) is 57.9 Å². The lowest BCUT2D eigenvalue weighted by Gasteiger charge is -2.27. The number of carbonyl (C=O) groups excluding carboxylic acids is 2. The number of carbonyl (C=O) groups is 2. The molecule has 32 heavy (non-hydrogen) atoms. The van der Waals surface area contributed by atoms with Gasteiger partial charge in [-0.25, -0.2) is 0 Å². The molecule has 3 fully saturated rings. The van der Waals surface area contributed by atoms with Gasteiger partial charge in [-0.1, -0.05) is 12.2 Å². The topological polar surface area (TPSA) is 80.3 Å². The molecular formula is C24H31N3O5. The minimum absolute atomic E-state index is 0.0330. The first-order valence-corrected chi connectivity index (χ1v) is 11.6. The molecule has 8 nitrogen and oxygen atoms in total. The van der Waals surface area contributed by atoms with Gasteiger partial charge >= 0.3 is 0 Å². The summed E-state index contributed by atoms with van der Waals surface area (Å²) in [6.45, 7) is 8.13. The Balaban J connectivity index is 1.22. The number of anilines is 1. The standard InChI is InChI=1S/C24H31N3O5/c1-2-31-18-6-4-17(5-7-18)25-22(28)20-19-8-9-24(32-19)16-27(23(29)21(20)24)11-3-10-26-12-14-30-15-13-26/h4-9,19-21H,2-3,10-16H2,1H3,(H,25,28)/t19-,20?,21-,24?/m0/s1. The van der Waals surface area contributed by atoms with E-state index in [2.05, 4.69) is 10.2 Å². The molecule has 1 spiro atoms. The molecule has 4 aliphatic rings. The van der Waals surface area contributed by atoms with E-state index in [0.717, 1.165) is 45.0 Å². The molecule has 4 heterocycles. The van der Waals surface area contributed by atoms with Crippen LogP contribution in [0.3, 0.4) is 0 Å². The Morgan fingerprint density at radius 1 is 1.22 bits per heavy atom. The lowest BCUT2D eigenvalue weighted by Crippen LogP contribution is -2.41. The van der Waals surface area contributed by atoms with Crippen LogP contribution in [0, 0.1) is 11.8 Å². The Labute approximate surface area is 188 Å². The number of morpholine rings is 1. The predicted molar refractivity (Wildman–Crippen MR) is 118 cm³/mol. The van der Waals surface area contributed by atoms with Crippen LogP contribution in [0.2, 0.25) is 0 Å². The van der Waals surface area contributed by atoms with Gasteiger partial charge in [0.05, 0.1) is 44.3 Å². The third-order valence-electron chi connectivity index (χ3n) is 6.92. The first kappa shape index (κ1) is 21.4. The smallest absolute Gasteiger partial charge is 0.231 e. The zero-order valence-electron chi connectivity index (χ0n) is 18.5. The lowest BCUT2D eigenvalue weighted by molar-refractivity contribution is -0.135. The van der Waals surface area contributed by atoms with Gasteiger partial charge in [0.2, 0.25) is 11.8 Å². The Hall–Kier alpha value is -2.42. The second kappa shape index (κ2) is 8.84. The van der Waals surface area contributed by atoms with Crippen molar-refractivity contribution in [1.29, 1.82) is 0 Å². The highest BCUT2D eigenvalue weighted by atomic mass is 16.5. The average Bonchev–Trinajstić information content (AvgIpc) is 3.44. The van der Waals surface area contributed by atoms with Crippen LogP contribution in [-0.2, 0) is 19.1 Å². The van der Waals surface area contributed by atoms with Gasteiger partial charge in [-0.3, -0.25) is 14.5 Å². The second-order valence-corrected chi connectivity index (χ2v) is 8.91. The minimum Gasteiger partial charge on any atom is -0.494 e. The summed E-state index contributed by atoms with van der Waals surface area (Å²) in [4.78, 5) is 30.8. The van der Waals surface area contributed by atoms with Crippen LogP contribution < -0.4 is 10.1 Å². The SMILES string of the molecule is CCOc1ccc(NC(=O)C2[C@@H]3C=CC4(CN(CCCN5CCOCC5)C(=O)[C@H]24)O3)cc1. The van der Waals surface area contributed by atoms with Gasteiger partial charge < -0.3 is 24.4 Å². The van der Waals surface area contributed by atoms with E-state index < -0.39 is 17.4 Å². The van der Waals surface area contributed by atoms with Crippen molar-refractivity contribution in [3.63, 3.8) is 0 Å². The molecule has 5 rings (SSSR count). The van der Waals surface area contributed by atoms with Crippen molar-refractivity contribution in [2.24, 2.45) is 11.8 Å². The van der Waals surface area contributed by atoms with E-state index in [1.807, 2.05) is 48.2 Å². The Kier molecular flexibility index (Phi) is 5.92. The Morgan fingerprint density at radius 2 is 2.00 bits per heavy atom. The molecule has 3 saturated heterocycles. The molecule has 0 aliphatic carbocycles. The van der Waals surface area contributed by atoms with Gasteiger partial charge in [-0.2, -0.15) is 0 Å². The zero-order chi connectivity index (χ0) is 22.1. The summed E-state index contributed by atoms with van der Waals surface area (Å²) in [5.41, 5.74) is 0.0220. The number of amides is 2. The molecule has 2 amide bonds. The third kappa shape index (κ3) is 3.91. The highest BCUT2D eigenvalue weighted by molar-refractivity contribution is 5.99. The number of benzene rings is 1. The molecule has 4 atom stereocenters. The van der Waals surface area contributed by atoms with E-state index >= 15 is 0 Å². The molecule has 1 aromatic carbocycles. The molecule has 0 aromatic heterocycles. The van der Waals surface area contributed by atoms with E-state index in [1.54, 1.807) is 0 Å². The summed E-state index contributed by atoms with van der Waals surface area (Å²) in [6, 6.07) is 7.29. The number of fused-ring (bicyclic) bond motifs is 1. The normalized spacial score (nSPS) is 31.2. The van der Waals surface area contributed by atoms with E-state index in [9.17, 15) is 9.59 Å². The molecule has 0 radical (unpaired) electrons. The summed E-state index contributed by atoms with van der Waals surface area (Å²) in [6.07, 6.45) is 4.51. The molecule has 2 unspecified atom stereocenters. The first-order chi connectivity index (χ1) is 15.6. The molecule has 8 heteroatoms. The lowest BCUT2D eigenvalue weighted by atomic mass is 9.77. The highest BCUT2D eigenvalue weighted by Crippen LogP contribution is 2.52. The van der Waals surface area contributed by atoms with Crippen molar-refractivity contribution >= 4 is 17.5 Å². The third-order valence-corrected chi connectivity index (χ3v) is 6.92. The summed E-state index contributed by atoms with van der Waals surface area (Å²) < 4.78 is 17.1. The van der Waals surface area contributed by atoms with Gasteiger partial charge in [0.15, 0.2) is 0 Å². The second-order valence-electron chi connectivity index (χ2n) is 8.91. The van der Waals surface area contributed by atoms with Crippen molar-refractivity contribution in [1.82, 2.24) is 9.80 Å². The molecule has 2 bridgehead atoms. The van der Waals surface area contributed by atoms with Gasteiger partial charge in [0, 0.05) is 31.9 Å². The van der Waals surface area contributed by atoms with Crippen molar-refractivity contribution in [3.8, 4) is 5.75 Å². The fourth-order valence-corrected chi connectivity index (χ4v) is 5.40. The molecule has 1 aromatic rings. The fraction of sp³-hybridized carbons (Fsp3) is 0.583. The molecule has 0 saturated carbocycles. The fourth-order valence-electron chi connectivity index (χ4n) is 5.40. The number of nitrogens with one attached hydrogen (secondary N) is 1. The van der Waals surface area contributed by atoms with Gasteiger partial charge in [-0.05, 0) is 37.6 Å². The number of rotatable bonds is 8. The van der Waals surface area contributed by atoms with Crippen LogP contribution in [0.15, 0.2) is 36.4 Å². The van der Waals surface area contributed by atoms with Crippen LogP contribution in [0.4, 0.5) is 5.69 Å². The van der Waals surface area contributed by atoms with E-state index in [4.69, 9.17) is 14.2 Å². The summed E-state index contributed by atoms with van der Waals surface area (Å²) in [5.74, 6) is -0.342. The summed E-state index contributed by atoms with van der Waals surface area (Å²) in [7, 11) is 0. The maximum atomic E-state index is 13.3. The van der Waals surface area contributed by atoms with Crippen molar-refractivity contribution in [3.05, 3.63) is 36.4 Å².